The van der Waals surface area contributed by atoms with E-state index in [1.54, 1.807) is 60.7 Å². The highest BCUT2D eigenvalue weighted by molar-refractivity contribution is 7.89. The smallest absolute Gasteiger partial charge is 0.407 e. The number of hydrogen-bond donors (Lipinski definition) is 3. The minimum Gasteiger partial charge on any atom is -0.453 e. The molecule has 2 unspecified atom stereocenters. The van der Waals surface area contributed by atoms with E-state index in [2.05, 4.69) is 15.6 Å². The second-order valence-electron chi connectivity index (χ2n) is 12.8. The number of sulfonamides is 1. The number of hydrogen-bond acceptors (Lipinski definition) is 8. The molecule has 0 saturated heterocycles. The van der Waals surface area contributed by atoms with Crippen LogP contribution in [0.5, 0.6) is 0 Å². The van der Waals surface area contributed by atoms with Crippen LogP contribution in [-0.2, 0) is 19.6 Å². The van der Waals surface area contributed by atoms with Crippen LogP contribution in [-0.4, -0.2) is 85.0 Å². The predicted molar refractivity (Wildman–Crippen MR) is 188 cm³/mol. The number of aromatic nitrogens is 1. The Bertz CT molecular complexity index is 1870. The van der Waals surface area contributed by atoms with E-state index >= 15 is 8.78 Å². The van der Waals surface area contributed by atoms with Crippen molar-refractivity contribution in [2.45, 2.75) is 79.3 Å². The summed E-state index contributed by atoms with van der Waals surface area (Å²) >= 11 is 1.20. The number of methoxy groups -OCH3 is 1. The van der Waals surface area contributed by atoms with E-state index in [0.717, 1.165) is 11.4 Å². The monoisotopic (exact) mass is 764 g/mol. The minimum absolute atomic E-state index is 0.172. The lowest BCUT2D eigenvalue weighted by Crippen LogP contribution is -2.53. The van der Waals surface area contributed by atoms with Crippen molar-refractivity contribution in [3.63, 3.8) is 0 Å². The Morgan fingerprint density at radius 3 is 2.23 bits per heavy atom. The van der Waals surface area contributed by atoms with Crippen molar-refractivity contribution in [1.29, 1.82) is 0 Å². The van der Waals surface area contributed by atoms with E-state index in [0.29, 0.717) is 21.3 Å². The lowest BCUT2D eigenvalue weighted by molar-refractivity contribution is -0.125. The van der Waals surface area contributed by atoms with Crippen molar-refractivity contribution >= 4 is 43.6 Å². The summed E-state index contributed by atoms with van der Waals surface area (Å²) in [5, 5.41) is 15.1. The zero-order valence-corrected chi connectivity index (χ0v) is 29.9. The summed E-state index contributed by atoms with van der Waals surface area (Å²) in [6.45, 7) is -2.03. The Hall–Kier alpha value is -4.12. The molecule has 1 heterocycles. The summed E-state index contributed by atoms with van der Waals surface area (Å²) in [4.78, 5) is 30.0. The number of nitrogens with one attached hydrogen (secondary N) is 2. The van der Waals surface area contributed by atoms with Gasteiger partial charge in [0.05, 0.1) is 40.9 Å². The molecule has 0 radical (unpaired) electrons. The molecule has 4 aromatic rings. The number of amides is 2. The Kier molecular flexibility index (Phi) is 12.6. The quantitative estimate of drug-likeness (QED) is 0.121. The number of carbonyl (C=O) groups excluding carboxylic acids is 2. The number of aliphatic hydroxyl groups is 1. The van der Waals surface area contributed by atoms with Gasteiger partial charge in [0.25, 0.3) is 5.92 Å². The maximum atomic E-state index is 15.6. The number of carbonyl (C=O) groups is 2. The Labute approximate surface area is 303 Å². The first-order chi connectivity index (χ1) is 24.7. The standard InChI is InChI=1S/C36H40F4N4O6S2/c1-50-34(47)43-32(31(24-8-4-2-5-9-24)25-10-6-3-7-11-25)33(46)41-22-36(39,40)19-16-27(21-45)44(26-14-17-35(37,38)18-15-26)52(48,49)28-12-13-29-30(20-28)51-23-42-29/h2-13,20,23,26-27,31-32,45H,14-19,21-22H2,1H3,(H,41,46)(H,43,47). The molecule has 1 aliphatic carbocycles. The summed E-state index contributed by atoms with van der Waals surface area (Å²) < 4.78 is 93.9. The molecule has 3 N–H and O–H groups in total. The van der Waals surface area contributed by atoms with Crippen LogP contribution in [0, 0.1) is 0 Å². The Balaban J connectivity index is 1.35. The fourth-order valence-electron chi connectivity index (χ4n) is 6.56. The number of aliphatic hydroxyl groups excluding tert-OH is 1. The molecule has 0 spiro atoms. The number of benzene rings is 3. The number of fused-ring (bicyclic) bond motifs is 1. The van der Waals surface area contributed by atoms with E-state index in [1.807, 2.05) is 0 Å². The van der Waals surface area contributed by atoms with Crippen LogP contribution in [0.1, 0.15) is 55.6 Å². The zero-order valence-electron chi connectivity index (χ0n) is 28.3. The third kappa shape index (κ3) is 9.45. The Morgan fingerprint density at radius 2 is 1.65 bits per heavy atom. The van der Waals surface area contributed by atoms with E-state index in [9.17, 15) is 31.9 Å². The van der Waals surface area contributed by atoms with Gasteiger partial charge in [0.1, 0.15) is 6.04 Å². The van der Waals surface area contributed by atoms with Gasteiger partial charge in [-0.2, -0.15) is 4.31 Å². The van der Waals surface area contributed by atoms with Crippen molar-refractivity contribution in [3.8, 4) is 0 Å². The van der Waals surface area contributed by atoms with Gasteiger partial charge in [-0.25, -0.2) is 35.8 Å². The third-order valence-corrected chi connectivity index (χ3v) is 12.0. The molecule has 0 aliphatic heterocycles. The second kappa shape index (κ2) is 16.7. The maximum absolute atomic E-state index is 15.6. The van der Waals surface area contributed by atoms with Crippen LogP contribution in [0.25, 0.3) is 10.2 Å². The normalized spacial score (nSPS) is 16.5. The molecule has 280 valence electrons. The van der Waals surface area contributed by atoms with Gasteiger partial charge in [-0.15, -0.1) is 11.3 Å². The van der Waals surface area contributed by atoms with Gasteiger partial charge >= 0.3 is 6.09 Å². The number of halogens is 4. The maximum Gasteiger partial charge on any atom is 0.407 e. The van der Waals surface area contributed by atoms with Gasteiger partial charge in [-0.05, 0) is 48.6 Å². The number of alkyl halides is 4. The van der Waals surface area contributed by atoms with Crippen LogP contribution >= 0.6 is 11.3 Å². The minimum atomic E-state index is -4.46. The molecule has 0 bridgehead atoms. The molecule has 2 amide bonds. The lowest BCUT2D eigenvalue weighted by atomic mass is 9.84. The van der Waals surface area contributed by atoms with Gasteiger partial charge in [0.15, 0.2) is 0 Å². The third-order valence-electron chi connectivity index (χ3n) is 9.25. The molecule has 1 aromatic heterocycles. The fraction of sp³-hybridized carbons (Fsp3) is 0.417. The van der Waals surface area contributed by atoms with E-state index in [-0.39, 0.29) is 17.7 Å². The van der Waals surface area contributed by atoms with Crippen molar-refractivity contribution in [3.05, 3.63) is 95.5 Å². The largest absolute Gasteiger partial charge is 0.453 e. The molecule has 52 heavy (non-hydrogen) atoms. The molecule has 10 nitrogen and oxygen atoms in total. The summed E-state index contributed by atoms with van der Waals surface area (Å²) in [7, 11) is -3.35. The van der Waals surface area contributed by atoms with Crippen molar-refractivity contribution in [2.75, 3.05) is 20.3 Å². The Morgan fingerprint density at radius 1 is 1.04 bits per heavy atom. The first-order valence-electron chi connectivity index (χ1n) is 16.7. The predicted octanol–water partition coefficient (Wildman–Crippen LogP) is 6.31. The highest BCUT2D eigenvalue weighted by atomic mass is 32.2. The summed E-state index contributed by atoms with van der Waals surface area (Å²) in [5.41, 5.74) is 3.34. The summed E-state index contributed by atoms with van der Waals surface area (Å²) in [6.07, 6.45) is -4.10. The molecule has 1 saturated carbocycles. The number of ether oxygens (including phenoxy) is 1. The summed E-state index contributed by atoms with van der Waals surface area (Å²) in [6, 6.07) is 17.9. The van der Waals surface area contributed by atoms with E-state index in [4.69, 9.17) is 4.74 Å². The van der Waals surface area contributed by atoms with Crippen LogP contribution in [0.15, 0.2) is 89.3 Å². The van der Waals surface area contributed by atoms with Crippen molar-refractivity contribution in [1.82, 2.24) is 19.9 Å². The average Bonchev–Trinajstić information content (AvgIpc) is 3.61. The molecule has 5 rings (SSSR count). The zero-order chi connectivity index (χ0) is 37.5. The number of nitrogens with zero attached hydrogens (tertiary/aromatic N) is 2. The molecule has 3 aromatic carbocycles. The fourth-order valence-corrected chi connectivity index (χ4v) is 9.27. The van der Waals surface area contributed by atoms with Crippen LogP contribution in [0.3, 0.4) is 0 Å². The van der Waals surface area contributed by atoms with Crippen molar-refractivity contribution < 1.29 is 45.4 Å². The topological polar surface area (TPSA) is 138 Å². The van der Waals surface area contributed by atoms with E-state index in [1.165, 1.54) is 35.0 Å². The number of rotatable bonds is 15. The number of alkyl carbamates (subject to hydrolysis) is 1. The van der Waals surface area contributed by atoms with Gasteiger partial charge in [-0.1, -0.05) is 60.7 Å². The van der Waals surface area contributed by atoms with Gasteiger partial charge < -0.3 is 20.5 Å². The van der Waals surface area contributed by atoms with Gasteiger partial charge in [-0.3, -0.25) is 4.79 Å². The molecular formula is C36H40F4N4O6S2. The number of thiazole rings is 1. The average molecular weight is 765 g/mol. The van der Waals surface area contributed by atoms with Crippen molar-refractivity contribution in [2.24, 2.45) is 0 Å². The highest BCUT2D eigenvalue weighted by Crippen LogP contribution is 2.39. The first-order valence-corrected chi connectivity index (χ1v) is 19.0. The summed E-state index contributed by atoms with van der Waals surface area (Å²) in [5.74, 6) is -8.31. The molecule has 2 atom stereocenters. The SMILES string of the molecule is COC(=O)NC(C(=O)NCC(F)(F)CCC(CO)N(C1CCC(F)(F)CC1)S(=O)(=O)c1ccc2ncsc2c1)C(c1ccccc1)c1ccccc1. The molecule has 1 fully saturated rings. The van der Waals surface area contributed by atoms with Crippen LogP contribution in [0.4, 0.5) is 22.4 Å². The second-order valence-corrected chi connectivity index (χ2v) is 15.5. The molecular weight excluding hydrogens is 725 g/mol. The van der Waals surface area contributed by atoms with Crippen LogP contribution in [0.2, 0.25) is 0 Å². The van der Waals surface area contributed by atoms with E-state index < -0.39 is 96.7 Å². The van der Waals surface area contributed by atoms with Crippen LogP contribution < -0.4 is 10.6 Å². The highest BCUT2D eigenvalue weighted by Gasteiger charge is 2.44. The van der Waals surface area contributed by atoms with Gasteiger partial charge in [0.2, 0.25) is 21.9 Å². The first kappa shape index (κ1) is 39.1. The lowest BCUT2D eigenvalue weighted by Gasteiger charge is -2.40. The molecule has 1 aliphatic rings. The van der Waals surface area contributed by atoms with Gasteiger partial charge in [0, 0.05) is 37.3 Å². The molecule has 16 heteroatoms.